The summed E-state index contributed by atoms with van der Waals surface area (Å²) in [4.78, 5) is 4.18. The average molecular weight is 264 g/mol. The summed E-state index contributed by atoms with van der Waals surface area (Å²) < 4.78 is 1.00. The molecule has 1 aromatic heterocycles. The Kier molecular flexibility index (Phi) is 5.16. The van der Waals surface area contributed by atoms with Crippen molar-refractivity contribution in [2.24, 2.45) is 0 Å². The van der Waals surface area contributed by atoms with Gasteiger partial charge in [-0.05, 0) is 40.9 Å². The van der Waals surface area contributed by atoms with Gasteiger partial charge < -0.3 is 5.32 Å². The third-order valence-electron chi connectivity index (χ3n) is 1.61. The summed E-state index contributed by atoms with van der Waals surface area (Å²) in [6.07, 6.45) is 3.89. The fourth-order valence-corrected chi connectivity index (χ4v) is 1.53. The van der Waals surface area contributed by atoms with E-state index in [1.807, 2.05) is 12.1 Å². The van der Waals surface area contributed by atoms with E-state index in [9.17, 15) is 0 Å². The van der Waals surface area contributed by atoms with Gasteiger partial charge in [0.05, 0.1) is 4.47 Å². The highest BCUT2D eigenvalue weighted by atomic mass is 79.9. The highest BCUT2D eigenvalue weighted by molar-refractivity contribution is 9.10. The molecular weight excluding hydrogens is 251 g/mol. The van der Waals surface area contributed by atoms with Crippen molar-refractivity contribution in [3.05, 3.63) is 22.8 Å². The second kappa shape index (κ2) is 6.22. The Balaban J connectivity index is 2.32. The molecule has 0 bridgehead atoms. The monoisotopic (exact) mass is 262 g/mol. The molecule has 0 aliphatic heterocycles. The fraction of sp³-hybridized carbons (Fsp3) is 0.444. The second-order valence-corrected chi connectivity index (χ2v) is 3.89. The maximum Gasteiger partial charge on any atom is 0.140 e. The summed E-state index contributed by atoms with van der Waals surface area (Å²) in [6, 6.07) is 3.87. The normalized spacial score (nSPS) is 10.0. The number of halogens is 2. The molecule has 0 saturated carbocycles. The molecular formula is C9H12BrClN2. The first kappa shape index (κ1) is 10.8. The molecule has 0 atom stereocenters. The first-order chi connectivity index (χ1) is 6.34. The van der Waals surface area contributed by atoms with Crippen LogP contribution in [-0.4, -0.2) is 17.4 Å². The maximum absolute atomic E-state index is 5.56. The fourth-order valence-electron chi connectivity index (χ4n) is 0.942. The maximum atomic E-state index is 5.56. The summed E-state index contributed by atoms with van der Waals surface area (Å²) in [5, 5.41) is 3.23. The number of pyridine rings is 1. The lowest BCUT2D eigenvalue weighted by molar-refractivity contribution is 0.835. The molecule has 0 spiro atoms. The number of nitrogens with one attached hydrogen (secondary N) is 1. The lowest BCUT2D eigenvalue weighted by atomic mass is 10.3. The topological polar surface area (TPSA) is 24.9 Å². The largest absolute Gasteiger partial charge is 0.369 e. The van der Waals surface area contributed by atoms with Gasteiger partial charge in [0.25, 0.3) is 0 Å². The summed E-state index contributed by atoms with van der Waals surface area (Å²) >= 11 is 8.98. The van der Waals surface area contributed by atoms with E-state index in [0.717, 1.165) is 35.6 Å². The van der Waals surface area contributed by atoms with Crippen LogP contribution < -0.4 is 5.32 Å². The van der Waals surface area contributed by atoms with Crippen molar-refractivity contribution in [2.45, 2.75) is 12.8 Å². The van der Waals surface area contributed by atoms with Crippen LogP contribution in [0, 0.1) is 0 Å². The summed E-state index contributed by atoms with van der Waals surface area (Å²) in [5.41, 5.74) is 0. The van der Waals surface area contributed by atoms with E-state index < -0.39 is 0 Å². The van der Waals surface area contributed by atoms with Gasteiger partial charge in [-0.3, -0.25) is 0 Å². The molecule has 1 N–H and O–H groups in total. The van der Waals surface area contributed by atoms with Crippen molar-refractivity contribution in [1.29, 1.82) is 0 Å². The van der Waals surface area contributed by atoms with Gasteiger partial charge in [-0.25, -0.2) is 4.98 Å². The Labute approximate surface area is 91.8 Å². The van der Waals surface area contributed by atoms with Gasteiger partial charge >= 0.3 is 0 Å². The number of nitrogens with zero attached hydrogens (tertiary/aromatic N) is 1. The number of hydrogen-bond donors (Lipinski definition) is 1. The molecule has 0 amide bonds. The number of anilines is 1. The summed E-state index contributed by atoms with van der Waals surface area (Å²) in [5.74, 6) is 1.63. The minimum absolute atomic E-state index is 0.727. The van der Waals surface area contributed by atoms with Gasteiger partial charge in [0.2, 0.25) is 0 Å². The molecule has 0 saturated heterocycles. The highest BCUT2D eigenvalue weighted by Crippen LogP contribution is 2.17. The van der Waals surface area contributed by atoms with Gasteiger partial charge in [0, 0.05) is 18.6 Å². The molecule has 72 valence electrons. The Bertz CT molecular complexity index is 255. The molecule has 0 radical (unpaired) electrons. The number of aromatic nitrogens is 1. The zero-order chi connectivity index (χ0) is 9.52. The molecule has 2 nitrogen and oxygen atoms in total. The van der Waals surface area contributed by atoms with E-state index >= 15 is 0 Å². The van der Waals surface area contributed by atoms with E-state index in [-0.39, 0.29) is 0 Å². The Morgan fingerprint density at radius 1 is 1.46 bits per heavy atom. The van der Waals surface area contributed by atoms with Gasteiger partial charge in [0.1, 0.15) is 5.82 Å². The molecule has 1 heterocycles. The Hall–Kier alpha value is -0.280. The molecule has 1 rings (SSSR count). The molecule has 0 unspecified atom stereocenters. The lowest BCUT2D eigenvalue weighted by Gasteiger charge is -2.05. The van der Waals surface area contributed by atoms with Gasteiger partial charge in [-0.15, -0.1) is 11.6 Å². The van der Waals surface area contributed by atoms with Crippen molar-refractivity contribution in [1.82, 2.24) is 4.98 Å². The highest BCUT2D eigenvalue weighted by Gasteiger charge is 1.97. The van der Waals surface area contributed by atoms with Gasteiger partial charge in [-0.1, -0.05) is 0 Å². The first-order valence-corrected chi connectivity index (χ1v) is 5.57. The van der Waals surface area contributed by atoms with Crippen molar-refractivity contribution in [2.75, 3.05) is 17.7 Å². The number of rotatable bonds is 5. The van der Waals surface area contributed by atoms with E-state index in [1.54, 1.807) is 6.20 Å². The van der Waals surface area contributed by atoms with Crippen molar-refractivity contribution in [3.8, 4) is 0 Å². The molecule has 13 heavy (non-hydrogen) atoms. The number of alkyl halides is 1. The number of unbranched alkanes of at least 4 members (excludes halogenated alkanes) is 1. The third kappa shape index (κ3) is 3.96. The van der Waals surface area contributed by atoms with Crippen molar-refractivity contribution < 1.29 is 0 Å². The average Bonchev–Trinajstić information content (AvgIpc) is 2.15. The minimum Gasteiger partial charge on any atom is -0.369 e. The predicted molar refractivity (Wildman–Crippen MR) is 60.4 cm³/mol. The van der Waals surface area contributed by atoms with Crippen LogP contribution in [0.25, 0.3) is 0 Å². The minimum atomic E-state index is 0.727. The van der Waals surface area contributed by atoms with Gasteiger partial charge in [0.15, 0.2) is 0 Å². The standard InChI is InChI=1S/C9H12BrClN2/c10-8-4-3-7-13-9(8)12-6-2-1-5-11/h3-4,7H,1-2,5-6H2,(H,12,13). The Morgan fingerprint density at radius 3 is 3.00 bits per heavy atom. The second-order valence-electron chi connectivity index (χ2n) is 2.66. The van der Waals surface area contributed by atoms with Crippen LogP contribution >= 0.6 is 27.5 Å². The van der Waals surface area contributed by atoms with Crippen LogP contribution in [0.15, 0.2) is 22.8 Å². The van der Waals surface area contributed by atoms with Crippen LogP contribution in [0.4, 0.5) is 5.82 Å². The van der Waals surface area contributed by atoms with Crippen molar-refractivity contribution >= 4 is 33.3 Å². The smallest absolute Gasteiger partial charge is 0.140 e. The quantitative estimate of drug-likeness (QED) is 0.651. The molecule has 0 fully saturated rings. The SMILES string of the molecule is ClCCCCNc1ncccc1Br. The Morgan fingerprint density at radius 2 is 2.31 bits per heavy atom. The van der Waals surface area contributed by atoms with Crippen LogP contribution in [-0.2, 0) is 0 Å². The third-order valence-corrected chi connectivity index (χ3v) is 2.52. The summed E-state index contributed by atoms with van der Waals surface area (Å²) in [7, 11) is 0. The molecule has 4 heteroatoms. The van der Waals surface area contributed by atoms with Crippen LogP contribution in [0.5, 0.6) is 0 Å². The molecule has 0 aromatic carbocycles. The van der Waals surface area contributed by atoms with E-state index in [0.29, 0.717) is 0 Å². The molecule has 0 aliphatic rings. The number of hydrogen-bond acceptors (Lipinski definition) is 2. The van der Waals surface area contributed by atoms with Crippen LogP contribution in [0.2, 0.25) is 0 Å². The van der Waals surface area contributed by atoms with Crippen molar-refractivity contribution in [3.63, 3.8) is 0 Å². The zero-order valence-corrected chi connectivity index (χ0v) is 9.61. The van der Waals surface area contributed by atoms with Gasteiger partial charge in [-0.2, -0.15) is 0 Å². The van der Waals surface area contributed by atoms with E-state index in [4.69, 9.17) is 11.6 Å². The van der Waals surface area contributed by atoms with Crippen LogP contribution in [0.1, 0.15) is 12.8 Å². The van der Waals surface area contributed by atoms with Crippen LogP contribution in [0.3, 0.4) is 0 Å². The molecule has 0 aliphatic carbocycles. The lowest BCUT2D eigenvalue weighted by Crippen LogP contribution is -2.03. The predicted octanol–water partition coefficient (Wildman–Crippen LogP) is 3.28. The van der Waals surface area contributed by atoms with E-state index in [2.05, 4.69) is 26.2 Å². The van der Waals surface area contributed by atoms with E-state index in [1.165, 1.54) is 0 Å². The zero-order valence-electron chi connectivity index (χ0n) is 7.26. The summed E-state index contributed by atoms with van der Waals surface area (Å²) in [6.45, 7) is 0.919. The first-order valence-electron chi connectivity index (χ1n) is 4.25. The molecule has 1 aromatic rings.